The van der Waals surface area contributed by atoms with Crippen LogP contribution in [0.5, 0.6) is 0 Å². The van der Waals surface area contributed by atoms with E-state index in [4.69, 9.17) is 0 Å². The van der Waals surface area contributed by atoms with E-state index in [0.717, 1.165) is 16.8 Å². The summed E-state index contributed by atoms with van der Waals surface area (Å²) in [6.45, 7) is 2.20. The van der Waals surface area contributed by atoms with Crippen molar-refractivity contribution in [3.8, 4) is 0 Å². The molecule has 132 valence electrons. The summed E-state index contributed by atoms with van der Waals surface area (Å²) in [7, 11) is 0. The molecule has 1 aromatic heterocycles. The first-order valence-electron chi connectivity index (χ1n) is 8.77. The smallest absolute Gasteiger partial charge is 0.234 e. The average Bonchev–Trinajstić information content (AvgIpc) is 2.70. The van der Waals surface area contributed by atoms with Crippen LogP contribution in [0.2, 0.25) is 0 Å². The number of benzene rings is 2. The molecule has 2 aromatic carbocycles. The number of aromatic nitrogens is 1. The number of hydrogen-bond acceptors (Lipinski definition) is 3. The van der Waals surface area contributed by atoms with Crippen LogP contribution in [0.3, 0.4) is 0 Å². The molecule has 1 amide bonds. The molecule has 0 spiro atoms. The Balaban J connectivity index is 1.65. The fourth-order valence-corrected chi connectivity index (χ4v) is 2.90. The summed E-state index contributed by atoms with van der Waals surface area (Å²) in [5.74, 6) is -0.0433. The van der Waals surface area contributed by atoms with E-state index in [9.17, 15) is 4.79 Å². The number of hydrogen-bond donors (Lipinski definition) is 2. The van der Waals surface area contributed by atoms with Crippen LogP contribution < -0.4 is 10.6 Å². The Kier molecular flexibility index (Phi) is 6.12. The van der Waals surface area contributed by atoms with Gasteiger partial charge in [0, 0.05) is 6.20 Å². The summed E-state index contributed by atoms with van der Waals surface area (Å²) < 4.78 is 0. The van der Waals surface area contributed by atoms with Crippen LogP contribution in [0, 0.1) is 0 Å². The normalized spacial score (nSPS) is 13.0. The van der Waals surface area contributed by atoms with Gasteiger partial charge in [-0.3, -0.25) is 15.1 Å². The standard InChI is InChI=1S/C22H23N3O/c1-17(18-10-4-2-5-11-18)25-21(26)16-24-22(19-12-6-3-7-13-19)20-14-8-9-15-23-20/h2-15,17,22,24H,16H2,1H3,(H,25,26). The molecule has 0 saturated heterocycles. The van der Waals surface area contributed by atoms with E-state index in [1.54, 1.807) is 6.20 Å². The highest BCUT2D eigenvalue weighted by Crippen LogP contribution is 2.19. The minimum absolute atomic E-state index is 0.0319. The Bertz CT molecular complexity index is 767. The predicted molar refractivity (Wildman–Crippen MR) is 104 cm³/mol. The van der Waals surface area contributed by atoms with Crippen LogP contribution in [0.15, 0.2) is 85.1 Å². The highest BCUT2D eigenvalue weighted by atomic mass is 16.1. The molecule has 2 unspecified atom stereocenters. The van der Waals surface area contributed by atoms with Crippen LogP contribution >= 0.6 is 0 Å². The van der Waals surface area contributed by atoms with Gasteiger partial charge in [-0.2, -0.15) is 0 Å². The van der Waals surface area contributed by atoms with Gasteiger partial charge in [0.2, 0.25) is 5.91 Å². The molecule has 0 saturated carbocycles. The number of pyridine rings is 1. The van der Waals surface area contributed by atoms with Gasteiger partial charge in [-0.15, -0.1) is 0 Å². The highest BCUT2D eigenvalue weighted by molar-refractivity contribution is 5.78. The van der Waals surface area contributed by atoms with Crippen LogP contribution in [0.1, 0.15) is 35.8 Å². The van der Waals surface area contributed by atoms with Gasteiger partial charge in [0.25, 0.3) is 0 Å². The van der Waals surface area contributed by atoms with Crippen molar-refractivity contribution in [3.05, 3.63) is 102 Å². The molecule has 3 aromatic rings. The first-order valence-corrected chi connectivity index (χ1v) is 8.77. The lowest BCUT2D eigenvalue weighted by molar-refractivity contribution is -0.121. The van der Waals surface area contributed by atoms with Gasteiger partial charge in [-0.05, 0) is 30.2 Å². The van der Waals surface area contributed by atoms with Crippen molar-refractivity contribution in [2.45, 2.75) is 19.0 Å². The van der Waals surface area contributed by atoms with E-state index in [1.165, 1.54) is 0 Å². The maximum atomic E-state index is 12.4. The Morgan fingerprint density at radius 3 is 2.12 bits per heavy atom. The minimum atomic E-state index is -0.129. The molecule has 0 radical (unpaired) electrons. The number of carbonyl (C=O) groups excluding carboxylic acids is 1. The second-order valence-corrected chi connectivity index (χ2v) is 6.18. The van der Waals surface area contributed by atoms with Gasteiger partial charge < -0.3 is 5.32 Å². The molecule has 4 nitrogen and oxygen atoms in total. The van der Waals surface area contributed by atoms with Crippen molar-refractivity contribution in [1.82, 2.24) is 15.6 Å². The lowest BCUT2D eigenvalue weighted by Gasteiger charge is -2.20. The van der Waals surface area contributed by atoms with Gasteiger partial charge >= 0.3 is 0 Å². The number of amides is 1. The molecule has 0 bridgehead atoms. The second-order valence-electron chi connectivity index (χ2n) is 6.18. The molecule has 2 N–H and O–H groups in total. The molecular weight excluding hydrogens is 322 g/mol. The van der Waals surface area contributed by atoms with E-state index in [1.807, 2.05) is 85.8 Å². The van der Waals surface area contributed by atoms with E-state index in [2.05, 4.69) is 15.6 Å². The third-order valence-corrected chi connectivity index (χ3v) is 4.26. The molecule has 0 fully saturated rings. The van der Waals surface area contributed by atoms with Crippen molar-refractivity contribution in [1.29, 1.82) is 0 Å². The zero-order valence-electron chi connectivity index (χ0n) is 14.8. The first-order chi connectivity index (χ1) is 12.7. The Labute approximate surface area is 154 Å². The van der Waals surface area contributed by atoms with Crippen LogP contribution in [-0.4, -0.2) is 17.4 Å². The summed E-state index contributed by atoms with van der Waals surface area (Å²) in [6, 6.07) is 25.6. The zero-order valence-corrected chi connectivity index (χ0v) is 14.8. The number of carbonyl (C=O) groups is 1. The quantitative estimate of drug-likeness (QED) is 0.687. The van der Waals surface area contributed by atoms with Crippen molar-refractivity contribution >= 4 is 5.91 Å². The third kappa shape index (κ3) is 4.77. The molecule has 2 atom stereocenters. The number of rotatable bonds is 7. The SMILES string of the molecule is CC(NC(=O)CNC(c1ccccc1)c1ccccn1)c1ccccc1. The third-order valence-electron chi connectivity index (χ3n) is 4.26. The molecule has 0 aliphatic heterocycles. The first kappa shape index (κ1) is 17.8. The number of nitrogens with zero attached hydrogens (tertiary/aromatic N) is 1. The summed E-state index contributed by atoms with van der Waals surface area (Å²) >= 11 is 0. The van der Waals surface area contributed by atoms with E-state index < -0.39 is 0 Å². The maximum absolute atomic E-state index is 12.4. The molecule has 1 heterocycles. The molecule has 4 heteroatoms. The van der Waals surface area contributed by atoms with Gasteiger partial charge in [0.1, 0.15) is 0 Å². The van der Waals surface area contributed by atoms with Gasteiger partial charge in [-0.1, -0.05) is 66.7 Å². The van der Waals surface area contributed by atoms with Crippen molar-refractivity contribution in [2.75, 3.05) is 6.54 Å². The molecular formula is C22H23N3O. The van der Waals surface area contributed by atoms with Gasteiger partial charge in [0.15, 0.2) is 0 Å². The zero-order chi connectivity index (χ0) is 18.2. The Hall–Kier alpha value is -2.98. The average molecular weight is 345 g/mol. The topological polar surface area (TPSA) is 54.0 Å². The monoisotopic (exact) mass is 345 g/mol. The summed E-state index contributed by atoms with van der Waals surface area (Å²) in [5, 5.41) is 6.37. The summed E-state index contributed by atoms with van der Waals surface area (Å²) in [6.07, 6.45) is 1.77. The van der Waals surface area contributed by atoms with Gasteiger partial charge in [0.05, 0.1) is 24.3 Å². The van der Waals surface area contributed by atoms with Gasteiger partial charge in [-0.25, -0.2) is 0 Å². The van der Waals surface area contributed by atoms with Crippen LogP contribution in [-0.2, 0) is 4.79 Å². The molecule has 26 heavy (non-hydrogen) atoms. The lowest BCUT2D eigenvalue weighted by atomic mass is 10.0. The maximum Gasteiger partial charge on any atom is 0.234 e. The fourth-order valence-electron chi connectivity index (χ4n) is 2.90. The second kappa shape index (κ2) is 8.92. The van der Waals surface area contributed by atoms with E-state index in [0.29, 0.717) is 0 Å². The molecule has 3 rings (SSSR count). The molecule has 0 aliphatic rings. The predicted octanol–water partition coefficient (Wildman–Crippen LogP) is 3.64. The number of nitrogens with one attached hydrogen (secondary N) is 2. The summed E-state index contributed by atoms with van der Waals surface area (Å²) in [5.41, 5.74) is 3.06. The Morgan fingerprint density at radius 2 is 1.50 bits per heavy atom. The molecule has 0 aliphatic carbocycles. The van der Waals surface area contributed by atoms with Crippen LogP contribution in [0.25, 0.3) is 0 Å². The van der Waals surface area contributed by atoms with E-state index >= 15 is 0 Å². The summed E-state index contributed by atoms with van der Waals surface area (Å²) in [4.78, 5) is 16.8. The van der Waals surface area contributed by atoms with Crippen molar-refractivity contribution in [3.63, 3.8) is 0 Å². The Morgan fingerprint density at radius 1 is 0.885 bits per heavy atom. The minimum Gasteiger partial charge on any atom is -0.348 e. The van der Waals surface area contributed by atoms with E-state index in [-0.39, 0.29) is 24.5 Å². The largest absolute Gasteiger partial charge is 0.348 e. The fraction of sp³-hybridized carbons (Fsp3) is 0.182. The highest BCUT2D eigenvalue weighted by Gasteiger charge is 2.17. The van der Waals surface area contributed by atoms with Crippen molar-refractivity contribution < 1.29 is 4.79 Å². The van der Waals surface area contributed by atoms with Crippen LogP contribution in [0.4, 0.5) is 0 Å². The lowest BCUT2D eigenvalue weighted by Crippen LogP contribution is -2.37. The van der Waals surface area contributed by atoms with Crippen molar-refractivity contribution in [2.24, 2.45) is 0 Å².